The second-order valence-corrected chi connectivity index (χ2v) is 4.02. The Kier molecular flexibility index (Phi) is 3.14. The van der Waals surface area contributed by atoms with Gasteiger partial charge in [0, 0.05) is 25.7 Å². The Hall–Kier alpha value is -1.44. The second kappa shape index (κ2) is 4.44. The number of aliphatic hydroxyl groups is 2. The number of hydrogen-bond donors (Lipinski definition) is 2. The van der Waals surface area contributed by atoms with Crippen LogP contribution < -0.4 is 11.2 Å². The van der Waals surface area contributed by atoms with E-state index in [1.54, 1.807) is 0 Å². The molecule has 2 rings (SSSR count). The molecule has 1 aromatic rings. The van der Waals surface area contributed by atoms with Gasteiger partial charge in [-0.3, -0.25) is 13.9 Å². The Bertz CT molecular complexity index is 520. The van der Waals surface area contributed by atoms with Crippen LogP contribution in [0.2, 0.25) is 0 Å². The third-order valence-corrected chi connectivity index (χ3v) is 2.91. The van der Waals surface area contributed by atoms with Gasteiger partial charge in [0.05, 0.1) is 12.7 Å². The zero-order chi connectivity index (χ0) is 12.6. The molecule has 2 N–H and O–H groups in total. The predicted molar refractivity (Wildman–Crippen MR) is 57.6 cm³/mol. The average molecular weight is 242 g/mol. The molecule has 0 amide bonds. The first kappa shape index (κ1) is 12.0. The van der Waals surface area contributed by atoms with Crippen LogP contribution >= 0.6 is 0 Å². The maximum atomic E-state index is 11.8. The van der Waals surface area contributed by atoms with Crippen molar-refractivity contribution >= 4 is 0 Å². The number of nitrogens with zero attached hydrogens (tertiary/aromatic N) is 2. The molecule has 1 aliphatic rings. The van der Waals surface area contributed by atoms with E-state index in [4.69, 9.17) is 9.84 Å². The molecule has 7 nitrogen and oxygen atoms in total. The zero-order valence-corrected chi connectivity index (χ0v) is 9.31. The Morgan fingerprint density at radius 3 is 2.82 bits per heavy atom. The summed E-state index contributed by atoms with van der Waals surface area (Å²) < 4.78 is 7.53. The lowest BCUT2D eigenvalue weighted by atomic mass is 10.2. The Labute approximate surface area is 96.5 Å². The second-order valence-electron chi connectivity index (χ2n) is 4.02. The van der Waals surface area contributed by atoms with Crippen LogP contribution in [0.4, 0.5) is 0 Å². The van der Waals surface area contributed by atoms with Gasteiger partial charge in [0.15, 0.2) is 0 Å². The predicted octanol–water partition coefficient (Wildman–Crippen LogP) is -1.81. The summed E-state index contributed by atoms with van der Waals surface area (Å²) in [5, 5.41) is 18.5. The van der Waals surface area contributed by atoms with E-state index in [1.807, 2.05) is 0 Å². The summed E-state index contributed by atoms with van der Waals surface area (Å²) in [5.74, 6) is 0. The molecule has 1 aliphatic heterocycles. The van der Waals surface area contributed by atoms with Crippen molar-refractivity contribution in [3.05, 3.63) is 33.1 Å². The molecule has 0 aromatic carbocycles. The molecule has 1 aromatic heterocycles. The zero-order valence-electron chi connectivity index (χ0n) is 9.31. The lowest BCUT2D eigenvalue weighted by molar-refractivity contribution is -0.0462. The minimum atomic E-state index is -0.811. The van der Waals surface area contributed by atoms with Crippen LogP contribution in [0.3, 0.4) is 0 Å². The van der Waals surface area contributed by atoms with Crippen LogP contribution in [0.15, 0.2) is 21.9 Å². The van der Waals surface area contributed by atoms with Crippen molar-refractivity contribution in [1.82, 2.24) is 9.13 Å². The van der Waals surface area contributed by atoms with Crippen molar-refractivity contribution < 1.29 is 14.9 Å². The molecule has 0 radical (unpaired) electrons. The molecule has 1 saturated heterocycles. The summed E-state index contributed by atoms with van der Waals surface area (Å²) in [6.07, 6.45) is -0.606. The summed E-state index contributed by atoms with van der Waals surface area (Å²) in [4.78, 5) is 23.0. The van der Waals surface area contributed by atoms with Crippen molar-refractivity contribution in [3.63, 3.8) is 0 Å². The van der Waals surface area contributed by atoms with E-state index in [9.17, 15) is 14.7 Å². The van der Waals surface area contributed by atoms with Crippen molar-refractivity contribution in [2.24, 2.45) is 7.05 Å². The van der Waals surface area contributed by atoms with Gasteiger partial charge in [-0.1, -0.05) is 0 Å². The summed E-state index contributed by atoms with van der Waals surface area (Å²) in [5.41, 5.74) is -0.906. The van der Waals surface area contributed by atoms with E-state index >= 15 is 0 Å². The maximum absolute atomic E-state index is 11.8. The number of rotatable bonds is 2. The molecular weight excluding hydrogens is 228 g/mol. The first-order valence-corrected chi connectivity index (χ1v) is 5.27. The van der Waals surface area contributed by atoms with Gasteiger partial charge < -0.3 is 14.9 Å². The molecule has 0 spiro atoms. The summed E-state index contributed by atoms with van der Waals surface area (Å²) in [6.45, 7) is -0.307. The van der Waals surface area contributed by atoms with Crippen molar-refractivity contribution in [2.45, 2.75) is 24.9 Å². The van der Waals surface area contributed by atoms with Crippen molar-refractivity contribution in [2.75, 3.05) is 6.61 Å². The molecule has 0 aliphatic carbocycles. The first-order valence-electron chi connectivity index (χ1n) is 5.27. The highest BCUT2D eigenvalue weighted by atomic mass is 16.5. The van der Waals surface area contributed by atoms with Crippen LogP contribution in [-0.2, 0) is 11.8 Å². The maximum Gasteiger partial charge on any atom is 0.332 e. The SMILES string of the molecule is Cn1c(=O)ccn([C@@H]2CC(O)[C@H](CO)O2)c1=O. The number of ether oxygens (including phenoxy) is 1. The minimum Gasteiger partial charge on any atom is -0.394 e. The lowest BCUT2D eigenvalue weighted by Crippen LogP contribution is -2.38. The monoisotopic (exact) mass is 242 g/mol. The van der Waals surface area contributed by atoms with Gasteiger partial charge in [-0.2, -0.15) is 0 Å². The van der Waals surface area contributed by atoms with Gasteiger partial charge in [-0.05, 0) is 0 Å². The lowest BCUT2D eigenvalue weighted by Gasteiger charge is -2.14. The van der Waals surface area contributed by atoms with Gasteiger partial charge in [0.2, 0.25) is 0 Å². The summed E-state index contributed by atoms with van der Waals surface area (Å²) >= 11 is 0. The Balaban J connectivity index is 2.34. The molecular formula is C10H14N2O5. The molecule has 0 saturated carbocycles. The minimum absolute atomic E-state index is 0.212. The van der Waals surface area contributed by atoms with E-state index in [2.05, 4.69) is 0 Å². The van der Waals surface area contributed by atoms with Crippen LogP contribution in [0.1, 0.15) is 12.6 Å². The van der Waals surface area contributed by atoms with Crippen LogP contribution in [0, 0.1) is 0 Å². The molecule has 1 fully saturated rings. The van der Waals surface area contributed by atoms with Gasteiger partial charge in [0.1, 0.15) is 12.3 Å². The van der Waals surface area contributed by atoms with E-state index in [0.29, 0.717) is 0 Å². The Morgan fingerprint density at radius 2 is 2.24 bits per heavy atom. The normalized spacial score (nSPS) is 28.5. The molecule has 94 valence electrons. The highest BCUT2D eigenvalue weighted by molar-refractivity contribution is 4.89. The third-order valence-electron chi connectivity index (χ3n) is 2.91. The first-order chi connectivity index (χ1) is 8.04. The van der Waals surface area contributed by atoms with Gasteiger partial charge in [-0.25, -0.2) is 4.79 Å². The topological polar surface area (TPSA) is 93.7 Å². The van der Waals surface area contributed by atoms with E-state index in [-0.39, 0.29) is 13.0 Å². The summed E-state index contributed by atoms with van der Waals surface area (Å²) in [6, 6.07) is 1.25. The largest absolute Gasteiger partial charge is 0.394 e. The average Bonchev–Trinajstić information content (AvgIpc) is 2.67. The van der Waals surface area contributed by atoms with Gasteiger partial charge >= 0.3 is 5.69 Å². The van der Waals surface area contributed by atoms with Gasteiger partial charge in [-0.15, -0.1) is 0 Å². The number of hydrogen-bond acceptors (Lipinski definition) is 5. The van der Waals surface area contributed by atoms with Crippen LogP contribution in [0.5, 0.6) is 0 Å². The smallest absolute Gasteiger partial charge is 0.332 e. The van der Waals surface area contributed by atoms with Crippen LogP contribution in [-0.4, -0.2) is 38.2 Å². The third kappa shape index (κ3) is 2.04. The van der Waals surface area contributed by atoms with Crippen molar-refractivity contribution in [3.8, 4) is 0 Å². The fourth-order valence-electron chi connectivity index (χ4n) is 1.86. The highest BCUT2D eigenvalue weighted by Gasteiger charge is 2.34. The number of aliphatic hydroxyl groups excluding tert-OH is 2. The molecule has 3 atom stereocenters. The Morgan fingerprint density at radius 1 is 1.53 bits per heavy atom. The van der Waals surface area contributed by atoms with Gasteiger partial charge in [0.25, 0.3) is 5.56 Å². The molecule has 1 unspecified atom stereocenters. The van der Waals surface area contributed by atoms with E-state index in [0.717, 1.165) is 4.57 Å². The van der Waals surface area contributed by atoms with E-state index < -0.39 is 29.7 Å². The van der Waals surface area contributed by atoms with E-state index in [1.165, 1.54) is 23.9 Å². The molecule has 0 bridgehead atoms. The summed E-state index contributed by atoms with van der Waals surface area (Å²) in [7, 11) is 1.37. The fraction of sp³-hybridized carbons (Fsp3) is 0.600. The highest BCUT2D eigenvalue weighted by Crippen LogP contribution is 2.26. The van der Waals surface area contributed by atoms with Crippen LogP contribution in [0.25, 0.3) is 0 Å². The molecule has 2 heterocycles. The fourth-order valence-corrected chi connectivity index (χ4v) is 1.86. The molecule has 17 heavy (non-hydrogen) atoms. The number of aromatic nitrogens is 2. The quantitative estimate of drug-likeness (QED) is 0.637. The van der Waals surface area contributed by atoms with Crippen molar-refractivity contribution in [1.29, 1.82) is 0 Å². The standard InChI is InChI=1S/C10H14N2O5/c1-11-8(15)2-3-12(10(11)16)9-4-6(14)7(5-13)17-9/h2-3,6-7,9,13-14H,4-5H2,1H3/t6?,7-,9-/m0/s1. The molecule has 7 heteroatoms.